The highest BCUT2D eigenvalue weighted by Crippen LogP contribution is 2.40. The molecule has 0 aromatic carbocycles. The first kappa shape index (κ1) is 35.2. The highest BCUT2D eigenvalue weighted by atomic mass is 16.5. The fourth-order valence-corrected chi connectivity index (χ4v) is 4.67. The normalized spacial score (nSPS) is 17.2. The van der Waals surface area contributed by atoms with Gasteiger partial charge < -0.3 is 4.74 Å². The topological polar surface area (TPSA) is 26.3 Å². The third-order valence-corrected chi connectivity index (χ3v) is 7.14. The van der Waals surface area contributed by atoms with Crippen LogP contribution in [-0.4, -0.2) is 12.6 Å². The molecule has 0 aromatic heterocycles. The standard InChI is InChI=1S/C38H56O2/c1-7-8-9-10-11-12-13-14-15-16-17-18-19-20-21-27-37(39)40-32-30-34(3)25-22-24-33(2)28-29-36-35(4)26-23-31-38(36,5)6/h8-9,11-12,14-15,17-18,22,24-25,28-30H,7,10,13,16,19-21,23,26-27,31-32H2,1-6H3/b9-8-,12-11-,15-14-,18-17-,25-22+,29-28+,33-24+,34-30+. The fraction of sp³-hybridized carbons (Fsp3) is 0.500. The third-order valence-electron chi connectivity index (χ3n) is 7.14. The Hall–Kier alpha value is -2.87. The lowest BCUT2D eigenvalue weighted by Crippen LogP contribution is -2.19. The van der Waals surface area contributed by atoms with E-state index in [-0.39, 0.29) is 11.4 Å². The number of rotatable bonds is 18. The van der Waals surface area contributed by atoms with E-state index in [0.29, 0.717) is 13.0 Å². The van der Waals surface area contributed by atoms with Gasteiger partial charge in [0.15, 0.2) is 0 Å². The number of ether oxygens (including phenoxy) is 1. The van der Waals surface area contributed by atoms with E-state index in [1.807, 2.05) is 13.0 Å². The molecule has 0 heterocycles. The molecule has 0 amide bonds. The lowest BCUT2D eigenvalue weighted by atomic mass is 9.72. The summed E-state index contributed by atoms with van der Waals surface area (Å²) in [6.45, 7) is 13.6. The van der Waals surface area contributed by atoms with Crippen molar-refractivity contribution in [3.8, 4) is 0 Å². The molecule has 0 spiro atoms. The zero-order chi connectivity index (χ0) is 29.5. The predicted molar refractivity (Wildman–Crippen MR) is 176 cm³/mol. The molecule has 0 radical (unpaired) electrons. The summed E-state index contributed by atoms with van der Waals surface area (Å²) in [5.41, 5.74) is 5.59. The predicted octanol–water partition coefficient (Wildman–Crippen LogP) is 11.4. The van der Waals surface area contributed by atoms with Gasteiger partial charge in [-0.1, -0.05) is 116 Å². The maximum atomic E-state index is 12.0. The fourth-order valence-electron chi connectivity index (χ4n) is 4.67. The molecular weight excluding hydrogens is 488 g/mol. The molecule has 0 saturated heterocycles. The van der Waals surface area contributed by atoms with E-state index in [9.17, 15) is 4.79 Å². The minimum atomic E-state index is -0.116. The van der Waals surface area contributed by atoms with Gasteiger partial charge in [-0.25, -0.2) is 0 Å². The first-order valence-electron chi connectivity index (χ1n) is 15.4. The van der Waals surface area contributed by atoms with Crippen molar-refractivity contribution in [3.63, 3.8) is 0 Å². The molecule has 1 rings (SSSR count). The van der Waals surface area contributed by atoms with Crippen LogP contribution in [0.25, 0.3) is 0 Å². The van der Waals surface area contributed by atoms with Gasteiger partial charge in [0, 0.05) is 6.42 Å². The first-order chi connectivity index (χ1) is 19.3. The van der Waals surface area contributed by atoms with Gasteiger partial charge in [-0.05, 0) is 102 Å². The molecule has 40 heavy (non-hydrogen) atoms. The number of hydrogen-bond donors (Lipinski definition) is 0. The summed E-state index contributed by atoms with van der Waals surface area (Å²) < 4.78 is 5.38. The van der Waals surface area contributed by atoms with Crippen LogP contribution in [0.4, 0.5) is 0 Å². The Morgan fingerprint density at radius 2 is 1.52 bits per heavy atom. The molecule has 220 valence electrons. The van der Waals surface area contributed by atoms with Crippen molar-refractivity contribution in [2.75, 3.05) is 6.61 Å². The summed E-state index contributed by atoms with van der Waals surface area (Å²) >= 11 is 0. The maximum absolute atomic E-state index is 12.0. The van der Waals surface area contributed by atoms with Crippen LogP contribution in [-0.2, 0) is 9.53 Å². The molecule has 1 aliphatic carbocycles. The summed E-state index contributed by atoms with van der Waals surface area (Å²) in [4.78, 5) is 12.0. The van der Waals surface area contributed by atoms with E-state index in [4.69, 9.17) is 4.74 Å². The van der Waals surface area contributed by atoms with Gasteiger partial charge in [-0.15, -0.1) is 0 Å². The SMILES string of the molecule is CC/C=C\C/C=C\C/C=C\C/C=C\CCCCC(=O)OC/C=C(C)/C=C/C=C(C)/C=C/C1=C(C)CCCC1(C)C. The summed E-state index contributed by atoms with van der Waals surface area (Å²) in [6, 6.07) is 0. The van der Waals surface area contributed by atoms with Crippen LogP contribution in [0, 0.1) is 5.41 Å². The number of unbranched alkanes of at least 4 members (excludes halogenated alkanes) is 2. The van der Waals surface area contributed by atoms with Crippen LogP contribution in [0.3, 0.4) is 0 Å². The average molecular weight is 545 g/mol. The van der Waals surface area contributed by atoms with Crippen molar-refractivity contribution in [3.05, 3.63) is 107 Å². The minimum absolute atomic E-state index is 0.116. The zero-order valence-electron chi connectivity index (χ0n) is 26.4. The lowest BCUT2D eigenvalue weighted by molar-refractivity contribution is -0.142. The molecular formula is C38H56O2. The van der Waals surface area contributed by atoms with Crippen LogP contribution < -0.4 is 0 Å². The Labute approximate surface area is 246 Å². The number of esters is 1. The Bertz CT molecular complexity index is 1000. The Morgan fingerprint density at radius 3 is 2.17 bits per heavy atom. The highest BCUT2D eigenvalue weighted by molar-refractivity contribution is 5.69. The number of allylic oxidation sites excluding steroid dienone is 17. The number of carbonyl (C=O) groups excluding carboxylic acids is 1. The van der Waals surface area contributed by atoms with E-state index < -0.39 is 0 Å². The van der Waals surface area contributed by atoms with Gasteiger partial charge in [0.05, 0.1) is 0 Å². The van der Waals surface area contributed by atoms with Crippen LogP contribution >= 0.6 is 0 Å². The molecule has 0 N–H and O–H groups in total. The quantitative estimate of drug-likeness (QED) is 0.0742. The summed E-state index contributed by atoms with van der Waals surface area (Å²) in [5.74, 6) is -0.116. The van der Waals surface area contributed by atoms with E-state index in [0.717, 1.165) is 50.5 Å². The lowest BCUT2D eigenvalue weighted by Gasteiger charge is -2.32. The van der Waals surface area contributed by atoms with Gasteiger partial charge in [-0.3, -0.25) is 4.79 Å². The Morgan fingerprint density at radius 1 is 0.875 bits per heavy atom. The maximum Gasteiger partial charge on any atom is 0.306 e. The van der Waals surface area contributed by atoms with Crippen molar-refractivity contribution >= 4 is 5.97 Å². The van der Waals surface area contributed by atoms with E-state index in [2.05, 4.69) is 114 Å². The highest BCUT2D eigenvalue weighted by Gasteiger charge is 2.26. The van der Waals surface area contributed by atoms with E-state index in [1.165, 1.54) is 36.0 Å². The van der Waals surface area contributed by atoms with Crippen LogP contribution in [0.1, 0.15) is 112 Å². The first-order valence-corrected chi connectivity index (χ1v) is 15.4. The number of carbonyl (C=O) groups is 1. The summed E-state index contributed by atoms with van der Waals surface area (Å²) in [7, 11) is 0. The molecule has 0 fully saturated rings. The molecule has 2 heteroatoms. The van der Waals surface area contributed by atoms with E-state index >= 15 is 0 Å². The molecule has 0 bridgehead atoms. The average Bonchev–Trinajstić information content (AvgIpc) is 2.90. The van der Waals surface area contributed by atoms with Crippen molar-refractivity contribution in [1.82, 2.24) is 0 Å². The Balaban J connectivity index is 2.19. The van der Waals surface area contributed by atoms with Gasteiger partial charge in [0.2, 0.25) is 0 Å². The Kier molecular flexibility index (Phi) is 19.2. The molecule has 0 aliphatic heterocycles. The van der Waals surface area contributed by atoms with Crippen molar-refractivity contribution in [2.45, 2.75) is 112 Å². The van der Waals surface area contributed by atoms with Crippen LogP contribution in [0.5, 0.6) is 0 Å². The van der Waals surface area contributed by atoms with Gasteiger partial charge in [0.25, 0.3) is 0 Å². The van der Waals surface area contributed by atoms with Crippen molar-refractivity contribution < 1.29 is 9.53 Å². The summed E-state index contributed by atoms with van der Waals surface area (Å²) in [5, 5.41) is 0. The molecule has 0 saturated carbocycles. The minimum Gasteiger partial charge on any atom is -0.461 e. The van der Waals surface area contributed by atoms with Gasteiger partial charge in [0.1, 0.15) is 6.61 Å². The third kappa shape index (κ3) is 17.7. The monoisotopic (exact) mass is 544 g/mol. The zero-order valence-corrected chi connectivity index (χ0v) is 26.4. The second-order valence-corrected chi connectivity index (χ2v) is 11.4. The molecule has 2 nitrogen and oxygen atoms in total. The van der Waals surface area contributed by atoms with Crippen molar-refractivity contribution in [2.24, 2.45) is 5.41 Å². The summed E-state index contributed by atoms with van der Waals surface area (Å²) in [6.07, 6.45) is 41.6. The van der Waals surface area contributed by atoms with Crippen LogP contribution in [0.15, 0.2) is 107 Å². The van der Waals surface area contributed by atoms with Gasteiger partial charge >= 0.3 is 5.97 Å². The smallest absolute Gasteiger partial charge is 0.306 e. The largest absolute Gasteiger partial charge is 0.461 e. The molecule has 0 unspecified atom stereocenters. The number of hydrogen-bond acceptors (Lipinski definition) is 2. The van der Waals surface area contributed by atoms with Crippen molar-refractivity contribution in [1.29, 1.82) is 0 Å². The molecule has 0 atom stereocenters. The second-order valence-electron chi connectivity index (χ2n) is 11.4. The molecule has 1 aliphatic rings. The van der Waals surface area contributed by atoms with E-state index in [1.54, 1.807) is 0 Å². The van der Waals surface area contributed by atoms with Gasteiger partial charge in [-0.2, -0.15) is 0 Å². The second kappa shape index (κ2) is 21.9. The van der Waals surface area contributed by atoms with Crippen LogP contribution in [0.2, 0.25) is 0 Å². The molecule has 0 aromatic rings.